The molecule has 0 aromatic carbocycles. The summed E-state index contributed by atoms with van der Waals surface area (Å²) < 4.78 is 0. The molecule has 1 heterocycles. The van der Waals surface area contributed by atoms with Crippen molar-refractivity contribution in [3.63, 3.8) is 0 Å². The highest BCUT2D eigenvalue weighted by atomic mass is 16.4. The first-order valence-corrected chi connectivity index (χ1v) is 3.40. The van der Waals surface area contributed by atoms with E-state index in [9.17, 15) is 4.79 Å². The average molecular weight is 168 g/mol. The van der Waals surface area contributed by atoms with Gasteiger partial charge in [-0.2, -0.15) is 0 Å². The lowest BCUT2D eigenvalue weighted by Crippen LogP contribution is -2.00. The second-order valence-electron chi connectivity index (χ2n) is 2.25. The molecule has 2 N–H and O–H groups in total. The number of hydrogen-bond acceptors (Lipinski definition) is 4. The molecule has 0 amide bonds. The van der Waals surface area contributed by atoms with Crippen molar-refractivity contribution in [1.82, 2.24) is 9.97 Å². The van der Waals surface area contributed by atoms with E-state index < -0.39 is 5.97 Å². The van der Waals surface area contributed by atoms with Crippen LogP contribution >= 0.6 is 0 Å². The van der Waals surface area contributed by atoms with E-state index in [1.54, 1.807) is 0 Å². The molecular formula is C7H8N2O3. The van der Waals surface area contributed by atoms with Crippen LogP contribution < -0.4 is 0 Å². The molecule has 0 spiro atoms. The summed E-state index contributed by atoms with van der Waals surface area (Å²) in [5.74, 6) is -0.476. The molecule has 5 nitrogen and oxygen atoms in total. The van der Waals surface area contributed by atoms with Gasteiger partial charge in [0.15, 0.2) is 5.75 Å². The first-order valence-electron chi connectivity index (χ1n) is 3.40. The molecule has 12 heavy (non-hydrogen) atoms. The lowest BCUT2D eigenvalue weighted by molar-refractivity contribution is -0.137. The summed E-state index contributed by atoms with van der Waals surface area (Å²) in [6.45, 7) is 0. The van der Waals surface area contributed by atoms with Crippen LogP contribution in [0.2, 0.25) is 0 Å². The van der Waals surface area contributed by atoms with E-state index in [1.165, 1.54) is 12.4 Å². The second kappa shape index (κ2) is 3.66. The molecule has 0 saturated heterocycles. The first kappa shape index (κ1) is 8.45. The fraction of sp³-hybridized carbons (Fsp3) is 0.286. The Hall–Kier alpha value is -1.65. The number of aromatic hydroxyl groups is 1. The van der Waals surface area contributed by atoms with E-state index in [2.05, 4.69) is 9.97 Å². The van der Waals surface area contributed by atoms with Crippen LogP contribution in [0.25, 0.3) is 0 Å². The van der Waals surface area contributed by atoms with E-state index in [4.69, 9.17) is 10.2 Å². The largest absolute Gasteiger partial charge is 0.505 e. The maximum absolute atomic E-state index is 10.1. The number of rotatable bonds is 3. The van der Waals surface area contributed by atoms with Crippen molar-refractivity contribution < 1.29 is 15.0 Å². The molecule has 0 aliphatic carbocycles. The number of carboxylic acid groups (broad SMARTS) is 1. The van der Waals surface area contributed by atoms with Crippen LogP contribution in [0, 0.1) is 0 Å². The standard InChI is InChI=1S/C7H8N2O3/c10-5-3-8-6(9-4-5)1-2-7(11)12/h3-4,10H,1-2H2,(H,11,12). The van der Waals surface area contributed by atoms with Gasteiger partial charge in [-0.25, -0.2) is 9.97 Å². The van der Waals surface area contributed by atoms with Crippen LogP contribution in [0.15, 0.2) is 12.4 Å². The topological polar surface area (TPSA) is 83.3 Å². The molecular weight excluding hydrogens is 160 g/mol. The maximum Gasteiger partial charge on any atom is 0.303 e. The summed E-state index contributed by atoms with van der Waals surface area (Å²) >= 11 is 0. The van der Waals surface area contributed by atoms with Crippen molar-refractivity contribution >= 4 is 5.97 Å². The van der Waals surface area contributed by atoms with Crippen molar-refractivity contribution in [3.05, 3.63) is 18.2 Å². The van der Waals surface area contributed by atoms with Gasteiger partial charge in [0.2, 0.25) is 0 Å². The molecule has 0 bridgehead atoms. The molecule has 5 heteroatoms. The molecule has 1 aromatic heterocycles. The zero-order valence-corrected chi connectivity index (χ0v) is 6.27. The Morgan fingerprint density at radius 3 is 2.50 bits per heavy atom. The number of aromatic nitrogens is 2. The summed E-state index contributed by atoms with van der Waals surface area (Å²) in [7, 11) is 0. The average Bonchev–Trinajstić information content (AvgIpc) is 2.03. The highest BCUT2D eigenvalue weighted by Gasteiger charge is 2.00. The van der Waals surface area contributed by atoms with Crippen molar-refractivity contribution in [2.24, 2.45) is 0 Å². The third-order valence-corrected chi connectivity index (χ3v) is 1.25. The van der Waals surface area contributed by atoms with Gasteiger partial charge in [-0.1, -0.05) is 0 Å². The van der Waals surface area contributed by atoms with E-state index in [1.807, 2.05) is 0 Å². The highest BCUT2D eigenvalue weighted by molar-refractivity contribution is 5.66. The molecule has 0 unspecified atom stereocenters. The summed E-state index contributed by atoms with van der Waals surface area (Å²) in [6, 6.07) is 0. The third kappa shape index (κ3) is 2.53. The van der Waals surface area contributed by atoms with Gasteiger partial charge in [-0.05, 0) is 0 Å². The fourth-order valence-electron chi connectivity index (χ4n) is 0.696. The second-order valence-corrected chi connectivity index (χ2v) is 2.25. The van der Waals surface area contributed by atoms with Crippen LogP contribution in [-0.4, -0.2) is 26.2 Å². The Kier molecular flexibility index (Phi) is 2.57. The van der Waals surface area contributed by atoms with Crippen molar-refractivity contribution in [1.29, 1.82) is 0 Å². The fourth-order valence-corrected chi connectivity index (χ4v) is 0.696. The predicted octanol–water partition coefficient (Wildman–Crippen LogP) is 0.199. The predicted molar refractivity (Wildman–Crippen MR) is 39.7 cm³/mol. The quantitative estimate of drug-likeness (QED) is 0.673. The Morgan fingerprint density at radius 1 is 1.42 bits per heavy atom. The smallest absolute Gasteiger partial charge is 0.303 e. The number of carboxylic acids is 1. The van der Waals surface area contributed by atoms with Gasteiger partial charge < -0.3 is 10.2 Å². The Bertz CT molecular complexity index is 270. The van der Waals surface area contributed by atoms with E-state index in [0.29, 0.717) is 5.82 Å². The number of aliphatic carboxylic acids is 1. The molecule has 1 rings (SSSR count). The van der Waals surface area contributed by atoms with Gasteiger partial charge in [0, 0.05) is 6.42 Å². The van der Waals surface area contributed by atoms with Gasteiger partial charge >= 0.3 is 5.97 Å². The molecule has 0 saturated carbocycles. The van der Waals surface area contributed by atoms with Crippen LogP contribution in [-0.2, 0) is 11.2 Å². The van der Waals surface area contributed by atoms with Crippen molar-refractivity contribution in [3.8, 4) is 5.75 Å². The van der Waals surface area contributed by atoms with E-state index in [-0.39, 0.29) is 18.6 Å². The van der Waals surface area contributed by atoms with Crippen molar-refractivity contribution in [2.75, 3.05) is 0 Å². The minimum atomic E-state index is -0.883. The van der Waals surface area contributed by atoms with Gasteiger partial charge in [0.05, 0.1) is 18.8 Å². The molecule has 1 aromatic rings. The van der Waals surface area contributed by atoms with Gasteiger partial charge in [0.25, 0.3) is 0 Å². The Labute approximate surface area is 68.7 Å². The van der Waals surface area contributed by atoms with Gasteiger partial charge in [-0.3, -0.25) is 4.79 Å². The summed E-state index contributed by atoms with van der Waals surface area (Å²) in [4.78, 5) is 17.6. The number of carbonyl (C=O) groups is 1. The minimum absolute atomic E-state index is 0.00474. The minimum Gasteiger partial charge on any atom is -0.505 e. The normalized spacial score (nSPS) is 9.67. The SMILES string of the molecule is O=C(O)CCc1ncc(O)cn1. The maximum atomic E-state index is 10.1. The summed E-state index contributed by atoms with van der Waals surface area (Å²) in [5.41, 5.74) is 0. The molecule has 0 aliphatic rings. The van der Waals surface area contributed by atoms with Crippen LogP contribution in [0.5, 0.6) is 5.75 Å². The Balaban J connectivity index is 2.53. The lowest BCUT2D eigenvalue weighted by Gasteiger charge is -1.95. The zero-order valence-electron chi connectivity index (χ0n) is 6.27. The van der Waals surface area contributed by atoms with E-state index >= 15 is 0 Å². The highest BCUT2D eigenvalue weighted by Crippen LogP contribution is 2.03. The molecule has 0 aliphatic heterocycles. The van der Waals surface area contributed by atoms with E-state index in [0.717, 1.165) is 0 Å². The molecule has 0 atom stereocenters. The van der Waals surface area contributed by atoms with Crippen LogP contribution in [0.1, 0.15) is 12.2 Å². The molecule has 0 radical (unpaired) electrons. The number of nitrogens with zero attached hydrogens (tertiary/aromatic N) is 2. The van der Waals surface area contributed by atoms with Gasteiger partial charge in [0.1, 0.15) is 5.82 Å². The third-order valence-electron chi connectivity index (χ3n) is 1.25. The number of aryl methyl sites for hydroxylation is 1. The van der Waals surface area contributed by atoms with Crippen molar-refractivity contribution in [2.45, 2.75) is 12.8 Å². The molecule has 0 fully saturated rings. The first-order chi connectivity index (χ1) is 5.68. The molecule has 64 valence electrons. The van der Waals surface area contributed by atoms with Crippen LogP contribution in [0.3, 0.4) is 0 Å². The zero-order chi connectivity index (χ0) is 8.97. The lowest BCUT2D eigenvalue weighted by atomic mass is 10.3. The Morgan fingerprint density at radius 2 is 2.00 bits per heavy atom. The monoisotopic (exact) mass is 168 g/mol. The van der Waals surface area contributed by atoms with Gasteiger partial charge in [-0.15, -0.1) is 0 Å². The summed E-state index contributed by atoms with van der Waals surface area (Å²) in [5, 5.41) is 17.1. The number of hydrogen-bond donors (Lipinski definition) is 2. The van der Waals surface area contributed by atoms with Crippen LogP contribution in [0.4, 0.5) is 0 Å². The summed E-state index contributed by atoms with van der Waals surface area (Å²) in [6.07, 6.45) is 2.77.